The third-order valence-corrected chi connectivity index (χ3v) is 6.12. The van der Waals surface area contributed by atoms with E-state index in [1.807, 2.05) is 31.2 Å². The standard InChI is InChI=1S/C24H26N4O6/c1-4-24(3)22(31)27(23(32)25-24)13-21(30)34-14-20(29)28-18(19-6-5-11-33-19)12-17(26-28)16-9-7-15(2)8-10-16/h5-11,18H,4,12-14H2,1-3H3,(H,25,32)/t18-,24+/m0/s1. The fourth-order valence-corrected chi connectivity index (χ4v) is 3.88. The second-order valence-electron chi connectivity index (χ2n) is 8.55. The van der Waals surface area contributed by atoms with Gasteiger partial charge in [-0.05, 0) is 38.0 Å². The zero-order chi connectivity index (χ0) is 24.5. The summed E-state index contributed by atoms with van der Waals surface area (Å²) in [5.41, 5.74) is 1.64. The number of rotatable bonds is 7. The van der Waals surface area contributed by atoms with Gasteiger partial charge in [0.05, 0.1) is 12.0 Å². The van der Waals surface area contributed by atoms with Crippen LogP contribution in [0, 0.1) is 6.92 Å². The summed E-state index contributed by atoms with van der Waals surface area (Å²) >= 11 is 0. The van der Waals surface area contributed by atoms with Gasteiger partial charge in [0.2, 0.25) is 0 Å². The molecule has 0 spiro atoms. The van der Waals surface area contributed by atoms with Crippen molar-refractivity contribution >= 4 is 29.5 Å². The molecule has 10 nitrogen and oxygen atoms in total. The van der Waals surface area contributed by atoms with Gasteiger partial charge in [-0.1, -0.05) is 36.8 Å². The number of ether oxygens (including phenoxy) is 1. The van der Waals surface area contributed by atoms with Crippen LogP contribution in [0.1, 0.15) is 49.6 Å². The number of hydrazone groups is 1. The van der Waals surface area contributed by atoms with Crippen molar-refractivity contribution in [3.8, 4) is 0 Å². The van der Waals surface area contributed by atoms with E-state index < -0.39 is 48.5 Å². The third-order valence-electron chi connectivity index (χ3n) is 6.12. The molecule has 1 N–H and O–H groups in total. The summed E-state index contributed by atoms with van der Waals surface area (Å²) in [7, 11) is 0. The summed E-state index contributed by atoms with van der Waals surface area (Å²) in [6.45, 7) is 4.17. The van der Waals surface area contributed by atoms with Crippen LogP contribution in [-0.4, -0.2) is 58.1 Å². The molecule has 2 aliphatic rings. The molecular weight excluding hydrogens is 440 g/mol. The first kappa shape index (κ1) is 23.2. The molecule has 178 valence electrons. The van der Waals surface area contributed by atoms with E-state index >= 15 is 0 Å². The van der Waals surface area contributed by atoms with Gasteiger partial charge in [-0.3, -0.25) is 19.3 Å². The predicted octanol–water partition coefficient (Wildman–Crippen LogP) is 2.53. The topological polar surface area (TPSA) is 122 Å². The van der Waals surface area contributed by atoms with Crippen LogP contribution in [0.3, 0.4) is 0 Å². The maximum absolute atomic E-state index is 12.9. The number of carbonyl (C=O) groups is 4. The van der Waals surface area contributed by atoms with E-state index in [2.05, 4.69) is 10.4 Å². The number of nitrogens with zero attached hydrogens (tertiary/aromatic N) is 3. The van der Waals surface area contributed by atoms with Crippen molar-refractivity contribution in [2.45, 2.75) is 45.2 Å². The number of esters is 1. The summed E-state index contributed by atoms with van der Waals surface area (Å²) in [6.07, 6.45) is 2.34. The molecule has 0 aliphatic carbocycles. The van der Waals surface area contributed by atoms with E-state index in [9.17, 15) is 19.2 Å². The van der Waals surface area contributed by atoms with Crippen LogP contribution in [-0.2, 0) is 19.1 Å². The first-order chi connectivity index (χ1) is 16.2. The van der Waals surface area contributed by atoms with Gasteiger partial charge in [-0.2, -0.15) is 5.10 Å². The Labute approximate surface area is 196 Å². The van der Waals surface area contributed by atoms with Gasteiger partial charge in [0.1, 0.15) is 23.9 Å². The number of imide groups is 1. The molecule has 0 radical (unpaired) electrons. The SMILES string of the molecule is CC[C@@]1(C)NC(=O)N(CC(=O)OCC(=O)N2N=C(c3ccc(C)cc3)C[C@H]2c2ccco2)C1=O. The van der Waals surface area contributed by atoms with E-state index in [-0.39, 0.29) is 0 Å². The Morgan fingerprint density at radius 3 is 2.59 bits per heavy atom. The number of nitrogens with one attached hydrogen (secondary N) is 1. The number of aryl methyl sites for hydroxylation is 1. The minimum atomic E-state index is -1.06. The van der Waals surface area contributed by atoms with E-state index in [0.717, 1.165) is 16.0 Å². The molecular formula is C24H26N4O6. The van der Waals surface area contributed by atoms with Crippen molar-refractivity contribution in [1.29, 1.82) is 0 Å². The number of urea groups is 1. The molecule has 34 heavy (non-hydrogen) atoms. The second-order valence-corrected chi connectivity index (χ2v) is 8.55. The number of furan rings is 1. The number of hydrogen-bond acceptors (Lipinski definition) is 7. The highest BCUT2D eigenvalue weighted by molar-refractivity contribution is 6.08. The maximum atomic E-state index is 12.9. The van der Waals surface area contributed by atoms with Gasteiger partial charge in [0.15, 0.2) is 6.61 Å². The molecule has 0 saturated carbocycles. The molecule has 4 rings (SSSR count). The highest BCUT2D eigenvalue weighted by atomic mass is 16.5. The molecule has 4 amide bonds. The highest BCUT2D eigenvalue weighted by Crippen LogP contribution is 2.33. The van der Waals surface area contributed by atoms with E-state index in [0.29, 0.717) is 24.3 Å². The lowest BCUT2D eigenvalue weighted by Crippen LogP contribution is -2.43. The van der Waals surface area contributed by atoms with Crippen LogP contribution in [0.2, 0.25) is 0 Å². The first-order valence-corrected chi connectivity index (χ1v) is 11.0. The number of hydrogen-bond donors (Lipinski definition) is 1. The summed E-state index contributed by atoms with van der Waals surface area (Å²) in [4.78, 5) is 50.6. The van der Waals surface area contributed by atoms with Gasteiger partial charge >= 0.3 is 12.0 Å². The lowest BCUT2D eigenvalue weighted by atomic mass is 9.99. The number of carbonyl (C=O) groups excluding carboxylic acids is 4. The van der Waals surface area contributed by atoms with Gasteiger partial charge in [0, 0.05) is 6.42 Å². The zero-order valence-electron chi connectivity index (χ0n) is 19.2. The van der Waals surface area contributed by atoms with Crippen LogP contribution < -0.4 is 5.32 Å². The van der Waals surface area contributed by atoms with Crippen molar-refractivity contribution < 1.29 is 28.3 Å². The van der Waals surface area contributed by atoms with Crippen molar-refractivity contribution in [3.63, 3.8) is 0 Å². The van der Waals surface area contributed by atoms with Crippen LogP contribution in [0.5, 0.6) is 0 Å². The molecule has 3 heterocycles. The van der Waals surface area contributed by atoms with Crippen molar-refractivity contribution in [3.05, 3.63) is 59.5 Å². The molecule has 0 bridgehead atoms. The Morgan fingerprint density at radius 2 is 1.97 bits per heavy atom. The second kappa shape index (κ2) is 9.12. The summed E-state index contributed by atoms with van der Waals surface area (Å²) in [5, 5.41) is 8.30. The molecule has 2 aromatic rings. The van der Waals surface area contributed by atoms with Crippen LogP contribution in [0.25, 0.3) is 0 Å². The first-order valence-electron chi connectivity index (χ1n) is 11.0. The smallest absolute Gasteiger partial charge is 0.326 e. The van der Waals surface area contributed by atoms with Gasteiger partial charge in [0.25, 0.3) is 11.8 Å². The van der Waals surface area contributed by atoms with Gasteiger partial charge in [-0.15, -0.1) is 0 Å². The van der Waals surface area contributed by atoms with Gasteiger partial charge < -0.3 is 14.5 Å². The van der Waals surface area contributed by atoms with E-state index in [4.69, 9.17) is 9.15 Å². The Balaban J connectivity index is 1.43. The lowest BCUT2D eigenvalue weighted by molar-refractivity contribution is -0.154. The minimum Gasteiger partial charge on any atom is -0.467 e. The molecule has 1 aromatic carbocycles. The molecule has 2 aliphatic heterocycles. The molecule has 1 aromatic heterocycles. The number of benzene rings is 1. The van der Waals surface area contributed by atoms with Gasteiger partial charge in [-0.25, -0.2) is 9.80 Å². The monoisotopic (exact) mass is 466 g/mol. The van der Waals surface area contributed by atoms with Crippen molar-refractivity contribution in [2.24, 2.45) is 5.10 Å². The zero-order valence-corrected chi connectivity index (χ0v) is 19.2. The quantitative estimate of drug-likeness (QED) is 0.494. The molecule has 1 saturated heterocycles. The largest absolute Gasteiger partial charge is 0.467 e. The third kappa shape index (κ3) is 4.43. The van der Waals surface area contributed by atoms with E-state index in [1.165, 1.54) is 11.3 Å². The Bertz CT molecular complexity index is 1140. The lowest BCUT2D eigenvalue weighted by Gasteiger charge is -2.20. The minimum absolute atomic E-state index is 0.381. The predicted molar refractivity (Wildman–Crippen MR) is 121 cm³/mol. The Morgan fingerprint density at radius 1 is 1.24 bits per heavy atom. The Hall–Kier alpha value is -3.95. The molecule has 1 fully saturated rings. The fourth-order valence-electron chi connectivity index (χ4n) is 3.88. The Kier molecular flexibility index (Phi) is 6.23. The summed E-state index contributed by atoms with van der Waals surface area (Å²) in [6, 6.07) is 10.1. The molecule has 2 atom stereocenters. The fraction of sp³-hybridized carbons (Fsp3) is 0.375. The van der Waals surface area contributed by atoms with Crippen LogP contribution >= 0.6 is 0 Å². The van der Waals surface area contributed by atoms with Crippen LogP contribution in [0.4, 0.5) is 4.79 Å². The molecule has 0 unspecified atom stereocenters. The van der Waals surface area contributed by atoms with E-state index in [1.54, 1.807) is 26.0 Å². The number of amides is 4. The van der Waals surface area contributed by atoms with Crippen molar-refractivity contribution in [1.82, 2.24) is 15.2 Å². The average molecular weight is 466 g/mol. The normalized spacial score (nSPS) is 22.1. The summed E-state index contributed by atoms with van der Waals surface area (Å²) < 4.78 is 10.6. The maximum Gasteiger partial charge on any atom is 0.326 e. The summed E-state index contributed by atoms with van der Waals surface area (Å²) in [5.74, 6) is -1.36. The molecule has 10 heteroatoms. The highest BCUT2D eigenvalue weighted by Gasteiger charge is 2.47. The average Bonchev–Trinajstić information content (AvgIpc) is 3.54. The van der Waals surface area contributed by atoms with Crippen molar-refractivity contribution in [2.75, 3.05) is 13.2 Å². The van der Waals surface area contributed by atoms with Crippen LogP contribution in [0.15, 0.2) is 52.2 Å².